The first-order chi connectivity index (χ1) is 11.1. The monoisotopic (exact) mass is 332 g/mol. The molecule has 1 aliphatic heterocycles. The number of anilines is 2. The average molecular weight is 332 g/mol. The number of amides is 2. The fourth-order valence-electron chi connectivity index (χ4n) is 2.06. The van der Waals surface area contributed by atoms with Gasteiger partial charge in [-0.1, -0.05) is 12.1 Å². The van der Waals surface area contributed by atoms with Crippen LogP contribution in [0.15, 0.2) is 47.4 Å². The predicted molar refractivity (Wildman–Crippen MR) is 86.3 cm³/mol. The van der Waals surface area contributed by atoms with Crippen LogP contribution in [0.25, 0.3) is 0 Å². The SMILES string of the molecule is O=C(CSc1ccccc1F)Nc1ccc2c(c1)NC(=O)CO2. The molecule has 0 atom stereocenters. The van der Waals surface area contributed by atoms with Crippen molar-refractivity contribution in [2.75, 3.05) is 23.0 Å². The largest absolute Gasteiger partial charge is 0.482 e. The van der Waals surface area contributed by atoms with Crippen LogP contribution in [-0.4, -0.2) is 24.2 Å². The van der Waals surface area contributed by atoms with Gasteiger partial charge in [-0.25, -0.2) is 4.39 Å². The van der Waals surface area contributed by atoms with Crippen LogP contribution < -0.4 is 15.4 Å². The van der Waals surface area contributed by atoms with E-state index in [4.69, 9.17) is 4.74 Å². The van der Waals surface area contributed by atoms with E-state index in [0.717, 1.165) is 11.8 Å². The van der Waals surface area contributed by atoms with Gasteiger partial charge >= 0.3 is 0 Å². The summed E-state index contributed by atoms with van der Waals surface area (Å²) in [4.78, 5) is 23.7. The first-order valence-electron chi connectivity index (χ1n) is 6.86. The van der Waals surface area contributed by atoms with Crippen LogP contribution in [0, 0.1) is 5.82 Å². The molecule has 0 aliphatic carbocycles. The molecule has 2 N–H and O–H groups in total. The van der Waals surface area contributed by atoms with E-state index < -0.39 is 0 Å². The number of hydrogen-bond donors (Lipinski definition) is 2. The topological polar surface area (TPSA) is 67.4 Å². The molecule has 2 aromatic rings. The van der Waals surface area contributed by atoms with Crippen LogP contribution in [0.5, 0.6) is 5.75 Å². The van der Waals surface area contributed by atoms with Crippen LogP contribution in [0.4, 0.5) is 15.8 Å². The van der Waals surface area contributed by atoms with Gasteiger partial charge in [-0.3, -0.25) is 9.59 Å². The van der Waals surface area contributed by atoms with E-state index in [1.54, 1.807) is 36.4 Å². The molecule has 0 radical (unpaired) electrons. The summed E-state index contributed by atoms with van der Waals surface area (Å²) in [6.07, 6.45) is 0. The van der Waals surface area contributed by atoms with E-state index >= 15 is 0 Å². The number of carbonyl (C=O) groups excluding carboxylic acids is 2. The second-order valence-electron chi connectivity index (χ2n) is 4.82. The summed E-state index contributed by atoms with van der Waals surface area (Å²) in [5.41, 5.74) is 1.05. The normalized spacial score (nSPS) is 12.8. The van der Waals surface area contributed by atoms with Crippen LogP contribution in [0.3, 0.4) is 0 Å². The lowest BCUT2D eigenvalue weighted by Gasteiger charge is -2.18. The van der Waals surface area contributed by atoms with E-state index in [-0.39, 0.29) is 30.0 Å². The minimum Gasteiger partial charge on any atom is -0.482 e. The van der Waals surface area contributed by atoms with Gasteiger partial charge in [0.25, 0.3) is 5.91 Å². The Bertz CT molecular complexity index is 767. The summed E-state index contributed by atoms with van der Waals surface area (Å²) in [5.74, 6) is -0.208. The number of fused-ring (bicyclic) bond motifs is 1. The fraction of sp³-hybridized carbons (Fsp3) is 0.125. The van der Waals surface area contributed by atoms with Crippen molar-refractivity contribution in [3.8, 4) is 5.75 Å². The Hall–Kier alpha value is -2.54. The lowest BCUT2D eigenvalue weighted by Crippen LogP contribution is -2.25. The van der Waals surface area contributed by atoms with Crippen molar-refractivity contribution in [3.63, 3.8) is 0 Å². The number of carbonyl (C=O) groups is 2. The van der Waals surface area contributed by atoms with Gasteiger partial charge in [-0.05, 0) is 30.3 Å². The molecule has 5 nitrogen and oxygen atoms in total. The first kappa shape index (κ1) is 15.4. The van der Waals surface area contributed by atoms with E-state index in [1.165, 1.54) is 6.07 Å². The zero-order valence-corrected chi connectivity index (χ0v) is 12.8. The maximum absolute atomic E-state index is 13.5. The summed E-state index contributed by atoms with van der Waals surface area (Å²) in [5, 5.41) is 5.38. The van der Waals surface area contributed by atoms with Crippen LogP contribution in [-0.2, 0) is 9.59 Å². The zero-order valence-electron chi connectivity index (χ0n) is 12.0. The molecule has 0 saturated heterocycles. The summed E-state index contributed by atoms with van der Waals surface area (Å²) < 4.78 is 18.7. The maximum atomic E-state index is 13.5. The molecule has 23 heavy (non-hydrogen) atoms. The van der Waals surface area contributed by atoms with E-state index in [0.29, 0.717) is 22.0 Å². The number of halogens is 1. The summed E-state index contributed by atoms with van der Waals surface area (Å²) in [6, 6.07) is 11.3. The Kier molecular flexibility index (Phi) is 4.47. The maximum Gasteiger partial charge on any atom is 0.262 e. The van der Waals surface area contributed by atoms with Crippen molar-refractivity contribution in [1.82, 2.24) is 0 Å². The Balaban J connectivity index is 1.61. The van der Waals surface area contributed by atoms with Crippen LogP contribution in [0.2, 0.25) is 0 Å². The summed E-state index contributed by atoms with van der Waals surface area (Å²) in [6.45, 7) is -0.0159. The third-order valence-electron chi connectivity index (χ3n) is 3.09. The molecule has 1 heterocycles. The van der Waals surface area contributed by atoms with Gasteiger partial charge in [0.2, 0.25) is 5.91 Å². The molecule has 0 aromatic heterocycles. The van der Waals surface area contributed by atoms with Gasteiger partial charge < -0.3 is 15.4 Å². The van der Waals surface area contributed by atoms with Crippen molar-refractivity contribution in [1.29, 1.82) is 0 Å². The number of thioether (sulfide) groups is 1. The number of ether oxygens (including phenoxy) is 1. The molecule has 118 valence electrons. The Labute approximate surface area is 136 Å². The molecule has 2 amide bonds. The highest BCUT2D eigenvalue weighted by Gasteiger charge is 2.16. The number of benzene rings is 2. The molecule has 3 rings (SSSR count). The minimum atomic E-state index is -0.348. The van der Waals surface area contributed by atoms with E-state index in [1.807, 2.05) is 0 Å². The van der Waals surface area contributed by atoms with Gasteiger partial charge in [0.1, 0.15) is 11.6 Å². The van der Waals surface area contributed by atoms with Crippen molar-refractivity contribution >= 4 is 35.0 Å². The molecule has 0 bridgehead atoms. The molecular weight excluding hydrogens is 319 g/mol. The van der Waals surface area contributed by atoms with Gasteiger partial charge in [-0.15, -0.1) is 11.8 Å². The van der Waals surface area contributed by atoms with Crippen molar-refractivity contribution in [2.24, 2.45) is 0 Å². The molecule has 0 spiro atoms. The quantitative estimate of drug-likeness (QED) is 0.845. The number of hydrogen-bond acceptors (Lipinski definition) is 4. The molecular formula is C16H13FN2O3S. The highest BCUT2D eigenvalue weighted by molar-refractivity contribution is 8.00. The van der Waals surface area contributed by atoms with Gasteiger partial charge in [0.05, 0.1) is 11.4 Å². The lowest BCUT2D eigenvalue weighted by atomic mass is 10.2. The van der Waals surface area contributed by atoms with Gasteiger partial charge in [0, 0.05) is 10.6 Å². The van der Waals surface area contributed by atoms with Crippen molar-refractivity contribution in [2.45, 2.75) is 4.90 Å². The molecule has 0 fully saturated rings. The van der Waals surface area contributed by atoms with Crippen molar-refractivity contribution < 1.29 is 18.7 Å². The Morgan fingerprint density at radius 1 is 1.30 bits per heavy atom. The number of rotatable bonds is 4. The smallest absolute Gasteiger partial charge is 0.262 e. The van der Waals surface area contributed by atoms with Crippen molar-refractivity contribution in [3.05, 3.63) is 48.3 Å². The summed E-state index contributed by atoms with van der Waals surface area (Å²) >= 11 is 1.12. The molecule has 7 heteroatoms. The molecule has 0 saturated carbocycles. The number of nitrogens with one attached hydrogen (secondary N) is 2. The van der Waals surface area contributed by atoms with Gasteiger partial charge in [0.15, 0.2) is 6.61 Å². The third-order valence-corrected chi connectivity index (χ3v) is 4.14. The fourth-order valence-corrected chi connectivity index (χ4v) is 2.80. The molecule has 0 unspecified atom stereocenters. The van der Waals surface area contributed by atoms with E-state index in [9.17, 15) is 14.0 Å². The van der Waals surface area contributed by atoms with Crippen LogP contribution >= 0.6 is 11.8 Å². The lowest BCUT2D eigenvalue weighted by molar-refractivity contribution is -0.118. The predicted octanol–water partition coefficient (Wildman–Crippen LogP) is 2.89. The second kappa shape index (κ2) is 6.70. The highest BCUT2D eigenvalue weighted by Crippen LogP contribution is 2.30. The second-order valence-corrected chi connectivity index (χ2v) is 5.83. The Morgan fingerprint density at radius 2 is 2.13 bits per heavy atom. The first-order valence-corrected chi connectivity index (χ1v) is 7.84. The molecule has 1 aliphatic rings. The highest BCUT2D eigenvalue weighted by atomic mass is 32.2. The van der Waals surface area contributed by atoms with Gasteiger partial charge in [-0.2, -0.15) is 0 Å². The molecule has 2 aromatic carbocycles. The van der Waals surface area contributed by atoms with Crippen LogP contribution in [0.1, 0.15) is 0 Å². The average Bonchev–Trinajstić information content (AvgIpc) is 2.54. The Morgan fingerprint density at radius 3 is 2.96 bits per heavy atom. The minimum absolute atomic E-state index is 0.0159. The summed E-state index contributed by atoms with van der Waals surface area (Å²) in [7, 11) is 0. The van der Waals surface area contributed by atoms with E-state index in [2.05, 4.69) is 10.6 Å². The zero-order chi connectivity index (χ0) is 16.2. The standard InChI is InChI=1S/C16H13FN2O3S/c17-11-3-1-2-4-14(11)23-9-16(21)18-10-5-6-13-12(7-10)19-15(20)8-22-13/h1-7H,8-9H2,(H,18,21)(H,19,20). The third kappa shape index (κ3) is 3.81.